The number of hydrogen-bond acceptors (Lipinski definition) is 6. The van der Waals surface area contributed by atoms with Crippen LogP contribution in [0.25, 0.3) is 22.3 Å². The monoisotopic (exact) mass is 453 g/mol. The van der Waals surface area contributed by atoms with Crippen LogP contribution in [0.1, 0.15) is 34.7 Å². The molecule has 6 rings (SSSR count). The molecule has 3 aromatic heterocycles. The van der Waals surface area contributed by atoms with E-state index in [0.717, 1.165) is 22.2 Å². The first-order valence-electron chi connectivity index (χ1n) is 11.1. The average molecular weight is 454 g/mol. The first kappa shape index (κ1) is 20.2. The second-order valence-electron chi connectivity index (χ2n) is 8.55. The molecule has 3 heterocycles. The highest BCUT2D eigenvalue weighted by Crippen LogP contribution is 2.47. The van der Waals surface area contributed by atoms with Crippen LogP contribution in [0.2, 0.25) is 0 Å². The summed E-state index contributed by atoms with van der Waals surface area (Å²) in [6, 6.07) is 13.1. The molecule has 0 saturated heterocycles. The minimum absolute atomic E-state index is 0.219. The molecule has 0 bridgehead atoms. The summed E-state index contributed by atoms with van der Waals surface area (Å²) >= 11 is 0. The number of rotatable bonds is 6. The zero-order valence-electron chi connectivity index (χ0n) is 18.8. The van der Waals surface area contributed by atoms with Crippen molar-refractivity contribution in [3.05, 3.63) is 66.0 Å². The number of carbonyl (C=O) groups excluding carboxylic acids is 1. The number of hydrogen-bond donors (Lipinski definition) is 3. The van der Waals surface area contributed by atoms with Crippen molar-refractivity contribution in [2.45, 2.75) is 18.8 Å². The van der Waals surface area contributed by atoms with Crippen LogP contribution in [0.3, 0.4) is 0 Å². The fraction of sp³-hybridized carbons (Fsp3) is 0.208. The molecule has 0 spiro atoms. The minimum Gasteiger partial charge on any atom is -0.324 e. The van der Waals surface area contributed by atoms with Crippen LogP contribution >= 0.6 is 0 Å². The Labute approximate surface area is 195 Å². The van der Waals surface area contributed by atoms with E-state index < -0.39 is 0 Å². The molecule has 0 atom stereocenters. The molecule has 3 N–H and O–H groups in total. The standard InChI is InChI=1S/C24H23N9O/c1-32-12-11-20(30-32)27-23(34)16-7-5-15(6-8-16)22-28-24(33(2)31-22)26-19-10-9-18-17(13-25-29-18)21(19)14-3-4-14/h5-14H,3-4H2,1-2H3,(H,25,29)(H,26,28,31)(H,27,30,34). The van der Waals surface area contributed by atoms with E-state index in [1.165, 1.54) is 18.4 Å². The molecule has 0 aliphatic heterocycles. The molecule has 10 nitrogen and oxygen atoms in total. The lowest BCUT2D eigenvalue weighted by atomic mass is 10.0. The van der Waals surface area contributed by atoms with Gasteiger partial charge in [0.15, 0.2) is 11.6 Å². The summed E-state index contributed by atoms with van der Waals surface area (Å²) < 4.78 is 3.37. The largest absolute Gasteiger partial charge is 0.324 e. The summed E-state index contributed by atoms with van der Waals surface area (Å²) in [4.78, 5) is 17.2. The van der Waals surface area contributed by atoms with Crippen LogP contribution in [0.5, 0.6) is 0 Å². The number of aromatic nitrogens is 7. The molecule has 0 radical (unpaired) electrons. The highest BCUT2D eigenvalue weighted by Gasteiger charge is 2.29. The summed E-state index contributed by atoms with van der Waals surface area (Å²) in [6.07, 6.45) is 6.03. The second-order valence-corrected chi connectivity index (χ2v) is 8.55. The average Bonchev–Trinajstić information content (AvgIpc) is 3.22. The molecular weight excluding hydrogens is 430 g/mol. The normalized spacial score (nSPS) is 13.4. The van der Waals surface area contributed by atoms with Gasteiger partial charge in [-0.1, -0.05) is 12.1 Å². The molecule has 0 unspecified atom stereocenters. The van der Waals surface area contributed by atoms with Crippen molar-refractivity contribution in [1.82, 2.24) is 34.7 Å². The van der Waals surface area contributed by atoms with E-state index in [1.807, 2.05) is 31.4 Å². The van der Waals surface area contributed by atoms with Gasteiger partial charge in [0, 0.05) is 48.6 Å². The topological polar surface area (TPSA) is 118 Å². The predicted octanol–water partition coefficient (Wildman–Crippen LogP) is 3.97. The van der Waals surface area contributed by atoms with Gasteiger partial charge < -0.3 is 10.6 Å². The van der Waals surface area contributed by atoms with Crippen LogP contribution in [0.15, 0.2) is 54.9 Å². The molecule has 1 saturated carbocycles. The van der Waals surface area contributed by atoms with Crippen molar-refractivity contribution in [2.24, 2.45) is 14.1 Å². The number of nitrogens with zero attached hydrogens (tertiary/aromatic N) is 6. The lowest BCUT2D eigenvalue weighted by Crippen LogP contribution is -2.12. The third-order valence-electron chi connectivity index (χ3n) is 6.02. The molecule has 1 aliphatic rings. The third kappa shape index (κ3) is 3.68. The van der Waals surface area contributed by atoms with Gasteiger partial charge in [0.2, 0.25) is 5.95 Å². The maximum atomic E-state index is 12.5. The molecule has 34 heavy (non-hydrogen) atoms. The SMILES string of the molecule is Cn1ccc(NC(=O)c2ccc(-c3nc(Nc4ccc5[nH]ncc5c4C4CC4)n(C)n3)cc2)n1. The van der Waals surface area contributed by atoms with Gasteiger partial charge in [-0.25, -0.2) is 4.68 Å². The number of aromatic amines is 1. The summed E-state index contributed by atoms with van der Waals surface area (Å²) in [6.45, 7) is 0. The summed E-state index contributed by atoms with van der Waals surface area (Å²) in [7, 11) is 3.66. The smallest absolute Gasteiger partial charge is 0.256 e. The summed E-state index contributed by atoms with van der Waals surface area (Å²) in [5, 5.41) is 23.4. The highest BCUT2D eigenvalue weighted by molar-refractivity contribution is 6.03. The molecule has 170 valence electrons. The zero-order valence-corrected chi connectivity index (χ0v) is 18.8. The van der Waals surface area contributed by atoms with Gasteiger partial charge in [-0.3, -0.25) is 14.6 Å². The van der Waals surface area contributed by atoms with E-state index in [1.54, 1.807) is 40.8 Å². The molecule has 2 aromatic carbocycles. The van der Waals surface area contributed by atoms with E-state index in [4.69, 9.17) is 4.98 Å². The Hall–Kier alpha value is -4.47. The Bertz CT molecular complexity index is 1510. The number of aryl methyl sites for hydroxylation is 2. The Morgan fingerprint density at radius 3 is 2.62 bits per heavy atom. The van der Waals surface area contributed by atoms with Crippen LogP contribution in [0, 0.1) is 0 Å². The van der Waals surface area contributed by atoms with E-state index in [0.29, 0.717) is 29.1 Å². The van der Waals surface area contributed by atoms with Crippen molar-refractivity contribution in [2.75, 3.05) is 10.6 Å². The predicted molar refractivity (Wildman–Crippen MR) is 129 cm³/mol. The molecule has 1 fully saturated rings. The number of anilines is 3. The zero-order chi connectivity index (χ0) is 23.2. The Kier molecular flexibility index (Phi) is 4.65. The highest BCUT2D eigenvalue weighted by atomic mass is 16.1. The molecule has 1 aliphatic carbocycles. The van der Waals surface area contributed by atoms with Crippen LogP contribution in [-0.4, -0.2) is 40.6 Å². The van der Waals surface area contributed by atoms with Crippen molar-refractivity contribution >= 4 is 34.3 Å². The number of amides is 1. The maximum absolute atomic E-state index is 12.5. The minimum atomic E-state index is -0.219. The summed E-state index contributed by atoms with van der Waals surface area (Å²) in [5.41, 5.74) is 4.70. The number of nitrogens with one attached hydrogen (secondary N) is 3. The maximum Gasteiger partial charge on any atom is 0.256 e. The van der Waals surface area contributed by atoms with Gasteiger partial charge in [-0.2, -0.15) is 15.2 Å². The fourth-order valence-corrected chi connectivity index (χ4v) is 4.14. The Morgan fingerprint density at radius 2 is 1.88 bits per heavy atom. The van der Waals surface area contributed by atoms with E-state index in [-0.39, 0.29) is 5.91 Å². The number of benzene rings is 2. The first-order valence-corrected chi connectivity index (χ1v) is 11.1. The third-order valence-corrected chi connectivity index (χ3v) is 6.02. The van der Waals surface area contributed by atoms with Gasteiger partial charge in [0.25, 0.3) is 5.91 Å². The van der Waals surface area contributed by atoms with E-state index in [2.05, 4.69) is 37.1 Å². The number of fused-ring (bicyclic) bond motifs is 1. The van der Waals surface area contributed by atoms with Gasteiger partial charge in [-0.15, -0.1) is 5.10 Å². The Morgan fingerprint density at radius 1 is 1.06 bits per heavy atom. The Balaban J connectivity index is 1.23. The molecule has 1 amide bonds. The van der Waals surface area contributed by atoms with Crippen molar-refractivity contribution in [1.29, 1.82) is 0 Å². The van der Waals surface area contributed by atoms with Crippen molar-refractivity contribution in [3.8, 4) is 11.4 Å². The second kappa shape index (κ2) is 7.84. The van der Waals surface area contributed by atoms with Crippen LogP contribution < -0.4 is 10.6 Å². The lowest BCUT2D eigenvalue weighted by molar-refractivity contribution is 0.102. The van der Waals surface area contributed by atoms with Gasteiger partial charge in [0.1, 0.15) is 0 Å². The summed E-state index contributed by atoms with van der Waals surface area (Å²) in [5.74, 6) is 2.07. The number of carbonyl (C=O) groups is 1. The van der Waals surface area contributed by atoms with Gasteiger partial charge in [-0.05, 0) is 48.6 Å². The molecule has 5 aromatic rings. The lowest BCUT2D eigenvalue weighted by Gasteiger charge is -2.11. The van der Waals surface area contributed by atoms with E-state index in [9.17, 15) is 4.79 Å². The fourth-order valence-electron chi connectivity index (χ4n) is 4.14. The van der Waals surface area contributed by atoms with Crippen LogP contribution in [0.4, 0.5) is 17.5 Å². The quantitative estimate of drug-likeness (QED) is 0.358. The first-order chi connectivity index (χ1) is 16.5. The molecular formula is C24H23N9O. The molecule has 10 heteroatoms. The van der Waals surface area contributed by atoms with Crippen molar-refractivity contribution in [3.63, 3.8) is 0 Å². The van der Waals surface area contributed by atoms with Gasteiger partial charge in [0.05, 0.1) is 11.7 Å². The number of H-pyrrole nitrogens is 1. The van der Waals surface area contributed by atoms with Crippen molar-refractivity contribution < 1.29 is 4.79 Å². The van der Waals surface area contributed by atoms with Crippen LogP contribution in [-0.2, 0) is 14.1 Å². The van der Waals surface area contributed by atoms with E-state index >= 15 is 0 Å². The van der Waals surface area contributed by atoms with Gasteiger partial charge >= 0.3 is 0 Å².